The van der Waals surface area contributed by atoms with E-state index in [1.807, 2.05) is 25.1 Å². The first-order valence-corrected chi connectivity index (χ1v) is 6.74. The van der Waals surface area contributed by atoms with Crippen LogP contribution in [-0.2, 0) is 6.42 Å². The number of benzene rings is 2. The number of hydrogen-bond donors (Lipinski definition) is 1. The predicted molar refractivity (Wildman–Crippen MR) is 80.9 cm³/mol. The molecule has 0 radical (unpaired) electrons. The van der Waals surface area contributed by atoms with Crippen LogP contribution in [0.5, 0.6) is 5.75 Å². The number of aryl methyl sites for hydroxylation is 1. The van der Waals surface area contributed by atoms with Crippen molar-refractivity contribution in [3.05, 3.63) is 59.4 Å². The summed E-state index contributed by atoms with van der Waals surface area (Å²) in [6.07, 6.45) is 0.819. The molecule has 0 spiro atoms. The number of methoxy groups -OCH3 is 1. The molecule has 2 nitrogen and oxygen atoms in total. The molecule has 1 atom stereocenters. The van der Waals surface area contributed by atoms with E-state index in [2.05, 4.69) is 18.3 Å². The fourth-order valence-electron chi connectivity index (χ4n) is 2.27. The highest BCUT2D eigenvalue weighted by atomic mass is 19.1. The minimum atomic E-state index is -0.220. The Morgan fingerprint density at radius 1 is 1.20 bits per heavy atom. The summed E-state index contributed by atoms with van der Waals surface area (Å²) in [5.41, 5.74) is 3.02. The second-order valence-corrected chi connectivity index (χ2v) is 5.02. The molecule has 0 heterocycles. The second kappa shape index (κ2) is 6.42. The molecule has 106 valence electrons. The quantitative estimate of drug-likeness (QED) is 0.882. The normalized spacial score (nSPS) is 12.0. The Morgan fingerprint density at radius 3 is 2.70 bits per heavy atom. The molecule has 0 amide bonds. The number of ether oxygens (including phenoxy) is 1. The van der Waals surface area contributed by atoms with Crippen molar-refractivity contribution in [1.82, 2.24) is 0 Å². The van der Waals surface area contributed by atoms with Gasteiger partial charge in [-0.05, 0) is 49.6 Å². The van der Waals surface area contributed by atoms with Gasteiger partial charge in [-0.2, -0.15) is 0 Å². The van der Waals surface area contributed by atoms with Crippen LogP contribution in [0.1, 0.15) is 18.1 Å². The van der Waals surface area contributed by atoms with E-state index in [0.717, 1.165) is 29.0 Å². The second-order valence-electron chi connectivity index (χ2n) is 5.02. The largest absolute Gasteiger partial charge is 0.496 e. The number of halogens is 1. The molecule has 2 rings (SSSR count). The van der Waals surface area contributed by atoms with E-state index in [-0.39, 0.29) is 11.9 Å². The Balaban J connectivity index is 2.09. The summed E-state index contributed by atoms with van der Waals surface area (Å²) in [6.45, 7) is 4.05. The van der Waals surface area contributed by atoms with Crippen molar-refractivity contribution >= 4 is 5.69 Å². The van der Waals surface area contributed by atoms with Gasteiger partial charge >= 0.3 is 0 Å². The maximum atomic E-state index is 13.3. The van der Waals surface area contributed by atoms with Crippen molar-refractivity contribution in [2.75, 3.05) is 12.4 Å². The fraction of sp³-hybridized carbons (Fsp3) is 0.294. The minimum absolute atomic E-state index is 0.187. The van der Waals surface area contributed by atoms with E-state index in [9.17, 15) is 4.39 Å². The van der Waals surface area contributed by atoms with E-state index in [1.54, 1.807) is 13.2 Å². The molecule has 2 aromatic rings. The number of nitrogens with one attached hydrogen (secondary N) is 1. The molecule has 0 saturated carbocycles. The highest BCUT2D eigenvalue weighted by molar-refractivity contribution is 5.51. The van der Waals surface area contributed by atoms with Crippen LogP contribution in [0.25, 0.3) is 0 Å². The van der Waals surface area contributed by atoms with E-state index < -0.39 is 0 Å². The first-order chi connectivity index (χ1) is 9.60. The molecule has 0 fully saturated rings. The summed E-state index contributed by atoms with van der Waals surface area (Å²) in [5, 5.41) is 3.36. The SMILES string of the molecule is COc1ccccc1CC(C)Nc1cc(F)ccc1C. The molecule has 0 aliphatic rings. The highest BCUT2D eigenvalue weighted by Crippen LogP contribution is 2.22. The van der Waals surface area contributed by atoms with Crippen LogP contribution >= 0.6 is 0 Å². The van der Waals surface area contributed by atoms with Crippen molar-refractivity contribution in [3.8, 4) is 5.75 Å². The van der Waals surface area contributed by atoms with Crippen LogP contribution in [0.3, 0.4) is 0 Å². The van der Waals surface area contributed by atoms with Crippen molar-refractivity contribution in [2.24, 2.45) is 0 Å². The van der Waals surface area contributed by atoms with Gasteiger partial charge < -0.3 is 10.1 Å². The first-order valence-electron chi connectivity index (χ1n) is 6.74. The smallest absolute Gasteiger partial charge is 0.125 e. The lowest BCUT2D eigenvalue weighted by molar-refractivity contribution is 0.409. The van der Waals surface area contributed by atoms with Gasteiger partial charge in [0.1, 0.15) is 11.6 Å². The standard InChI is InChI=1S/C17H20FNO/c1-12-8-9-15(18)11-16(12)19-13(2)10-14-6-4-5-7-17(14)20-3/h4-9,11,13,19H,10H2,1-3H3. The molecule has 1 N–H and O–H groups in total. The van der Waals surface area contributed by atoms with Gasteiger partial charge in [0.25, 0.3) is 0 Å². The Labute approximate surface area is 119 Å². The maximum Gasteiger partial charge on any atom is 0.125 e. The average Bonchev–Trinajstić information content (AvgIpc) is 2.43. The zero-order chi connectivity index (χ0) is 14.5. The Bertz CT molecular complexity index is 583. The topological polar surface area (TPSA) is 21.3 Å². The van der Waals surface area contributed by atoms with Crippen LogP contribution in [0.4, 0.5) is 10.1 Å². The lowest BCUT2D eigenvalue weighted by atomic mass is 10.1. The van der Waals surface area contributed by atoms with Crippen LogP contribution in [0.2, 0.25) is 0 Å². The molecular formula is C17H20FNO. The van der Waals surface area contributed by atoms with Crippen molar-refractivity contribution in [1.29, 1.82) is 0 Å². The number of anilines is 1. The van der Waals surface area contributed by atoms with E-state index in [0.29, 0.717) is 0 Å². The van der Waals surface area contributed by atoms with Crippen molar-refractivity contribution in [2.45, 2.75) is 26.3 Å². The molecule has 0 saturated heterocycles. The maximum absolute atomic E-state index is 13.3. The van der Waals surface area contributed by atoms with Gasteiger partial charge in [-0.25, -0.2) is 4.39 Å². The Morgan fingerprint density at radius 2 is 1.95 bits per heavy atom. The van der Waals surface area contributed by atoms with Gasteiger partial charge in [0, 0.05) is 11.7 Å². The zero-order valence-electron chi connectivity index (χ0n) is 12.1. The van der Waals surface area contributed by atoms with E-state index in [4.69, 9.17) is 4.74 Å². The van der Waals surface area contributed by atoms with Gasteiger partial charge in [0.2, 0.25) is 0 Å². The monoisotopic (exact) mass is 273 g/mol. The number of para-hydroxylation sites is 1. The summed E-state index contributed by atoms with van der Waals surface area (Å²) >= 11 is 0. The fourth-order valence-corrected chi connectivity index (χ4v) is 2.27. The summed E-state index contributed by atoms with van der Waals surface area (Å²) in [7, 11) is 1.67. The predicted octanol–water partition coefficient (Wildman–Crippen LogP) is 4.19. The van der Waals surface area contributed by atoms with E-state index in [1.165, 1.54) is 12.1 Å². The number of hydrogen-bond acceptors (Lipinski definition) is 2. The average molecular weight is 273 g/mol. The van der Waals surface area contributed by atoms with Gasteiger partial charge in [-0.1, -0.05) is 24.3 Å². The van der Waals surface area contributed by atoms with Crippen LogP contribution < -0.4 is 10.1 Å². The van der Waals surface area contributed by atoms with E-state index >= 15 is 0 Å². The number of rotatable bonds is 5. The summed E-state index contributed by atoms with van der Waals surface area (Å²) in [6, 6.07) is 12.9. The minimum Gasteiger partial charge on any atom is -0.496 e. The van der Waals surface area contributed by atoms with Crippen LogP contribution in [0, 0.1) is 12.7 Å². The zero-order valence-corrected chi connectivity index (χ0v) is 12.1. The van der Waals surface area contributed by atoms with Crippen LogP contribution in [-0.4, -0.2) is 13.2 Å². The molecule has 2 aromatic carbocycles. The molecule has 0 aliphatic carbocycles. The Hall–Kier alpha value is -2.03. The third-order valence-corrected chi connectivity index (χ3v) is 3.32. The van der Waals surface area contributed by atoms with Crippen molar-refractivity contribution < 1.29 is 9.13 Å². The molecule has 3 heteroatoms. The summed E-state index contributed by atoms with van der Waals surface area (Å²) < 4.78 is 18.6. The summed E-state index contributed by atoms with van der Waals surface area (Å²) in [4.78, 5) is 0. The third kappa shape index (κ3) is 3.50. The molecule has 0 aromatic heterocycles. The molecule has 1 unspecified atom stereocenters. The van der Waals surface area contributed by atoms with Gasteiger partial charge in [-0.3, -0.25) is 0 Å². The van der Waals surface area contributed by atoms with Crippen molar-refractivity contribution in [3.63, 3.8) is 0 Å². The lowest BCUT2D eigenvalue weighted by Gasteiger charge is -2.18. The van der Waals surface area contributed by atoms with Gasteiger partial charge in [0.05, 0.1) is 7.11 Å². The molecule has 0 aliphatic heterocycles. The van der Waals surface area contributed by atoms with Gasteiger partial charge in [0.15, 0.2) is 0 Å². The molecule has 0 bridgehead atoms. The Kier molecular flexibility index (Phi) is 4.61. The van der Waals surface area contributed by atoms with Gasteiger partial charge in [-0.15, -0.1) is 0 Å². The summed E-state index contributed by atoms with van der Waals surface area (Å²) in [5.74, 6) is 0.666. The first kappa shape index (κ1) is 14.4. The highest BCUT2D eigenvalue weighted by Gasteiger charge is 2.09. The molecule has 20 heavy (non-hydrogen) atoms. The third-order valence-electron chi connectivity index (χ3n) is 3.32. The molecular weight excluding hydrogens is 253 g/mol. The van der Waals surface area contributed by atoms with Crippen LogP contribution in [0.15, 0.2) is 42.5 Å². The lowest BCUT2D eigenvalue weighted by Crippen LogP contribution is -2.19.